The number of alkyl halides is 3. The van der Waals surface area contributed by atoms with E-state index in [1.54, 1.807) is 12.1 Å². The molecule has 4 aromatic carbocycles. The third-order valence-corrected chi connectivity index (χ3v) is 7.09. The van der Waals surface area contributed by atoms with Crippen molar-refractivity contribution in [1.29, 1.82) is 0 Å². The second-order valence-corrected chi connectivity index (χ2v) is 9.02. The summed E-state index contributed by atoms with van der Waals surface area (Å²) in [6.45, 7) is 0. The van der Waals surface area contributed by atoms with Crippen molar-refractivity contribution in [2.75, 3.05) is 0 Å². The fourth-order valence-corrected chi connectivity index (χ4v) is 5.61. The van der Waals surface area contributed by atoms with Gasteiger partial charge in [-0.05, 0) is 39.6 Å². The van der Waals surface area contributed by atoms with Crippen molar-refractivity contribution in [3.05, 3.63) is 103 Å². The van der Waals surface area contributed by atoms with Gasteiger partial charge in [-0.25, -0.2) is 0 Å². The Hall–Kier alpha value is -3.70. The minimum absolute atomic E-state index is 0.192. The molecule has 0 aliphatic heterocycles. The van der Waals surface area contributed by atoms with Crippen molar-refractivity contribution in [3.63, 3.8) is 0 Å². The summed E-state index contributed by atoms with van der Waals surface area (Å²) in [7, 11) is 0. The van der Waals surface area contributed by atoms with Crippen molar-refractivity contribution in [3.8, 4) is 22.3 Å². The molecule has 5 heteroatoms. The van der Waals surface area contributed by atoms with Crippen LogP contribution in [0.2, 0.25) is 0 Å². The molecule has 1 nitrogen and oxygen atoms in total. The second-order valence-electron chi connectivity index (χ2n) is 7.96. The number of hydrogen-bond donors (Lipinski definition) is 0. The van der Waals surface area contributed by atoms with Crippen molar-refractivity contribution in [2.24, 2.45) is 0 Å². The van der Waals surface area contributed by atoms with Gasteiger partial charge in [-0.1, -0.05) is 78.9 Å². The maximum atomic E-state index is 14.1. The lowest BCUT2D eigenvalue weighted by Crippen LogP contribution is -2.08. The van der Waals surface area contributed by atoms with Crippen LogP contribution in [0.1, 0.15) is 5.56 Å². The van der Waals surface area contributed by atoms with Crippen molar-refractivity contribution in [2.45, 2.75) is 6.18 Å². The number of fused-ring (bicyclic) bond motifs is 4. The molecule has 0 saturated heterocycles. The predicted molar refractivity (Wildman–Crippen MR) is 131 cm³/mol. The fourth-order valence-electron chi connectivity index (χ4n) is 4.34. The normalized spacial score (nSPS) is 12.1. The molecule has 0 atom stereocenters. The highest BCUT2D eigenvalue weighted by molar-refractivity contribution is 7.26. The Morgan fingerprint density at radius 3 is 1.97 bits per heavy atom. The van der Waals surface area contributed by atoms with Gasteiger partial charge in [0.2, 0.25) is 0 Å². The van der Waals surface area contributed by atoms with Crippen LogP contribution < -0.4 is 0 Å². The van der Waals surface area contributed by atoms with E-state index in [9.17, 15) is 13.2 Å². The van der Waals surface area contributed by atoms with Crippen LogP contribution in [-0.4, -0.2) is 4.98 Å². The third-order valence-electron chi connectivity index (χ3n) is 5.94. The average molecular weight is 456 g/mol. The first-order valence-corrected chi connectivity index (χ1v) is 11.3. The first kappa shape index (κ1) is 19.9. The zero-order valence-corrected chi connectivity index (χ0v) is 18.0. The van der Waals surface area contributed by atoms with Gasteiger partial charge in [0, 0.05) is 21.8 Å². The number of halogens is 3. The molecular weight excluding hydrogens is 439 g/mol. The minimum atomic E-state index is -4.50. The Balaban J connectivity index is 1.62. The van der Waals surface area contributed by atoms with Crippen molar-refractivity contribution >= 4 is 42.4 Å². The summed E-state index contributed by atoms with van der Waals surface area (Å²) in [5.41, 5.74) is 2.60. The Labute approximate surface area is 191 Å². The molecule has 0 saturated carbocycles. The van der Waals surface area contributed by atoms with E-state index in [-0.39, 0.29) is 5.56 Å². The number of rotatable bonds is 2. The van der Waals surface area contributed by atoms with Gasteiger partial charge in [-0.3, -0.25) is 4.98 Å². The highest BCUT2D eigenvalue weighted by Gasteiger charge is 2.36. The summed E-state index contributed by atoms with van der Waals surface area (Å²) < 4.78 is 43.6. The predicted octanol–water partition coefficient (Wildman–Crippen LogP) is 8.96. The van der Waals surface area contributed by atoms with Crippen LogP contribution in [0.3, 0.4) is 0 Å². The van der Waals surface area contributed by atoms with Crippen molar-refractivity contribution in [1.82, 2.24) is 4.98 Å². The zero-order chi connectivity index (χ0) is 22.6. The summed E-state index contributed by atoms with van der Waals surface area (Å²) >= 11 is 1.37. The van der Waals surface area contributed by atoms with Crippen LogP contribution in [0.15, 0.2) is 97.2 Å². The van der Waals surface area contributed by atoms with Gasteiger partial charge in [-0.2, -0.15) is 13.2 Å². The fraction of sp³-hybridized carbons (Fsp3) is 0.0357. The molecule has 0 amide bonds. The summed E-state index contributed by atoms with van der Waals surface area (Å²) in [4.78, 5) is 4.28. The van der Waals surface area contributed by atoms with Crippen LogP contribution >= 0.6 is 11.3 Å². The number of benzene rings is 4. The summed E-state index contributed by atoms with van der Waals surface area (Å²) in [5, 5.41) is 2.98. The van der Waals surface area contributed by atoms with E-state index in [0.717, 1.165) is 38.2 Å². The molecule has 33 heavy (non-hydrogen) atoms. The molecule has 2 heterocycles. The number of nitrogens with zero attached hydrogens (tertiary/aromatic N) is 1. The average Bonchev–Trinajstić information content (AvgIpc) is 3.19. The molecule has 160 valence electrons. The first-order chi connectivity index (χ1) is 16.0. The van der Waals surface area contributed by atoms with Crippen LogP contribution in [-0.2, 0) is 6.18 Å². The van der Waals surface area contributed by atoms with Gasteiger partial charge >= 0.3 is 6.18 Å². The van der Waals surface area contributed by atoms with E-state index in [4.69, 9.17) is 0 Å². The number of aromatic nitrogens is 1. The number of hydrogen-bond acceptors (Lipinski definition) is 2. The lowest BCUT2D eigenvalue weighted by atomic mass is 9.97. The first-order valence-electron chi connectivity index (χ1n) is 10.5. The molecule has 0 fully saturated rings. The second kappa shape index (κ2) is 7.42. The highest BCUT2D eigenvalue weighted by atomic mass is 32.1. The van der Waals surface area contributed by atoms with Gasteiger partial charge in [0.15, 0.2) is 0 Å². The molecule has 0 radical (unpaired) electrons. The van der Waals surface area contributed by atoms with Crippen LogP contribution in [0.5, 0.6) is 0 Å². The van der Waals surface area contributed by atoms with Gasteiger partial charge < -0.3 is 0 Å². The summed E-state index contributed by atoms with van der Waals surface area (Å²) in [6.07, 6.45) is -3.53. The monoisotopic (exact) mass is 455 g/mol. The molecule has 6 aromatic rings. The van der Waals surface area contributed by atoms with Gasteiger partial charge in [0.05, 0.1) is 15.8 Å². The molecule has 0 aliphatic rings. The molecule has 0 bridgehead atoms. The molecule has 0 spiro atoms. The number of pyridine rings is 1. The number of thiophene rings is 1. The Morgan fingerprint density at radius 2 is 1.27 bits per heavy atom. The highest BCUT2D eigenvalue weighted by Crippen LogP contribution is 2.46. The van der Waals surface area contributed by atoms with Crippen LogP contribution in [0.4, 0.5) is 13.2 Å². The van der Waals surface area contributed by atoms with E-state index in [2.05, 4.69) is 4.98 Å². The molecule has 6 rings (SSSR count). The molecule has 2 aromatic heterocycles. The van der Waals surface area contributed by atoms with Crippen LogP contribution in [0, 0.1) is 0 Å². The quantitative estimate of drug-likeness (QED) is 0.254. The summed E-state index contributed by atoms with van der Waals surface area (Å²) in [6, 6.07) is 29.1. The van der Waals surface area contributed by atoms with Gasteiger partial charge in [0.25, 0.3) is 0 Å². The standard InChI is InChI=1S/C28H16F3NS/c29-28(30,31)23-16-32-26-22-14-20-8-4-5-9-21(20)15-24(22)33-27(26)25(23)19-12-10-18(11-13-19)17-6-2-1-3-7-17/h1-16H. The lowest BCUT2D eigenvalue weighted by Gasteiger charge is -2.14. The largest absolute Gasteiger partial charge is 0.418 e. The van der Waals surface area contributed by atoms with Crippen LogP contribution in [0.25, 0.3) is 53.3 Å². The third kappa shape index (κ3) is 3.36. The topological polar surface area (TPSA) is 12.9 Å². The Kier molecular flexibility index (Phi) is 4.49. The van der Waals surface area contributed by atoms with E-state index in [1.165, 1.54) is 11.3 Å². The molecular formula is C28H16F3NS. The maximum Gasteiger partial charge on any atom is 0.418 e. The SMILES string of the molecule is FC(F)(F)c1cnc2c(sc3cc4ccccc4cc32)c1-c1ccc(-c2ccccc2)cc1. The van der Waals surface area contributed by atoms with E-state index < -0.39 is 11.7 Å². The maximum absolute atomic E-state index is 14.1. The minimum Gasteiger partial charge on any atom is -0.254 e. The van der Waals surface area contributed by atoms with Gasteiger partial charge in [0.1, 0.15) is 0 Å². The molecule has 0 unspecified atom stereocenters. The molecule has 0 aliphatic carbocycles. The van der Waals surface area contributed by atoms with E-state index in [1.807, 2.05) is 78.9 Å². The lowest BCUT2D eigenvalue weighted by molar-refractivity contribution is -0.137. The smallest absolute Gasteiger partial charge is 0.254 e. The Bertz CT molecular complexity index is 1630. The Morgan fingerprint density at radius 1 is 0.667 bits per heavy atom. The van der Waals surface area contributed by atoms with Crippen molar-refractivity contribution < 1.29 is 13.2 Å². The van der Waals surface area contributed by atoms with Gasteiger partial charge in [-0.15, -0.1) is 11.3 Å². The zero-order valence-electron chi connectivity index (χ0n) is 17.2. The van der Waals surface area contributed by atoms with E-state index in [0.29, 0.717) is 15.8 Å². The molecule has 0 N–H and O–H groups in total. The van der Waals surface area contributed by atoms with E-state index >= 15 is 0 Å². The summed E-state index contributed by atoms with van der Waals surface area (Å²) in [5.74, 6) is 0.